The lowest BCUT2D eigenvalue weighted by Crippen LogP contribution is -2.56. The van der Waals surface area contributed by atoms with Crippen LogP contribution in [0.5, 0.6) is 0 Å². The van der Waals surface area contributed by atoms with E-state index in [1.54, 1.807) is 0 Å². The molecule has 1 N–H and O–H groups in total. The zero-order valence-electron chi connectivity index (χ0n) is 11.0. The molecule has 1 aliphatic heterocycles. The van der Waals surface area contributed by atoms with Crippen LogP contribution in [0.3, 0.4) is 0 Å². The molecule has 1 heterocycles. The highest BCUT2D eigenvalue weighted by molar-refractivity contribution is 5.68. The molecule has 0 aromatic carbocycles. The molecule has 0 spiro atoms. The number of carbonyl (C=O) groups is 1. The fourth-order valence-corrected chi connectivity index (χ4v) is 3.49. The van der Waals surface area contributed by atoms with Crippen molar-refractivity contribution in [1.82, 2.24) is 9.80 Å². The summed E-state index contributed by atoms with van der Waals surface area (Å²) in [5.74, 6) is 0.0343. The van der Waals surface area contributed by atoms with Crippen LogP contribution in [0.25, 0.3) is 0 Å². The van der Waals surface area contributed by atoms with E-state index in [2.05, 4.69) is 23.8 Å². The molecule has 0 aromatic rings. The molecule has 0 radical (unpaired) electrons. The largest absolute Gasteiger partial charge is 0.481 e. The second-order valence-electron chi connectivity index (χ2n) is 5.93. The van der Waals surface area contributed by atoms with E-state index in [1.165, 1.54) is 6.42 Å². The fourth-order valence-electron chi connectivity index (χ4n) is 3.49. The van der Waals surface area contributed by atoms with E-state index in [4.69, 9.17) is 0 Å². The van der Waals surface area contributed by atoms with Crippen molar-refractivity contribution in [3.8, 4) is 0 Å². The summed E-state index contributed by atoms with van der Waals surface area (Å²) in [6.45, 7) is 6.43. The summed E-state index contributed by atoms with van der Waals surface area (Å²) in [4.78, 5) is 15.9. The minimum absolute atomic E-state index is 0.0491. The molecule has 0 aromatic heterocycles. The van der Waals surface area contributed by atoms with Crippen LogP contribution in [0.1, 0.15) is 32.6 Å². The van der Waals surface area contributed by atoms with Gasteiger partial charge in [0.05, 0.1) is 6.42 Å². The molecule has 0 bridgehead atoms. The quantitative estimate of drug-likeness (QED) is 0.807. The fraction of sp³-hybridized carbons (Fsp3) is 0.923. The molecule has 4 nitrogen and oxygen atoms in total. The van der Waals surface area contributed by atoms with Gasteiger partial charge in [0.1, 0.15) is 0 Å². The number of carboxylic acids is 1. The number of rotatable bonds is 3. The standard InChI is InChI=1S/C13H24N2O2/c1-11-3-4-13(9-11,10-12(16)17)15-7-5-14(2)6-8-15/h11H,3-10H2,1-2H3,(H,16,17). The Morgan fingerprint density at radius 2 is 2.00 bits per heavy atom. The van der Waals surface area contributed by atoms with Gasteiger partial charge in [-0.15, -0.1) is 0 Å². The van der Waals surface area contributed by atoms with Gasteiger partial charge in [0.15, 0.2) is 0 Å². The van der Waals surface area contributed by atoms with Gasteiger partial charge in [0, 0.05) is 31.7 Å². The Kier molecular flexibility index (Phi) is 3.73. The Labute approximate surface area is 104 Å². The van der Waals surface area contributed by atoms with Crippen LogP contribution in [0, 0.1) is 5.92 Å². The van der Waals surface area contributed by atoms with Crippen LogP contribution in [-0.2, 0) is 4.79 Å². The van der Waals surface area contributed by atoms with Crippen LogP contribution in [0.4, 0.5) is 0 Å². The SMILES string of the molecule is CC1CCC(CC(=O)O)(N2CCN(C)CC2)C1. The normalized spacial score (nSPS) is 36.2. The molecule has 2 unspecified atom stereocenters. The Balaban J connectivity index is 2.07. The molecule has 4 heteroatoms. The predicted molar refractivity (Wildman–Crippen MR) is 67.1 cm³/mol. The summed E-state index contributed by atoms with van der Waals surface area (Å²) in [6.07, 6.45) is 3.62. The van der Waals surface area contributed by atoms with Crippen molar-refractivity contribution in [3.63, 3.8) is 0 Å². The van der Waals surface area contributed by atoms with Gasteiger partial charge in [-0.25, -0.2) is 0 Å². The van der Waals surface area contributed by atoms with E-state index < -0.39 is 5.97 Å². The Hall–Kier alpha value is -0.610. The molecule has 1 saturated heterocycles. The van der Waals surface area contributed by atoms with Crippen molar-refractivity contribution < 1.29 is 9.90 Å². The van der Waals surface area contributed by atoms with Gasteiger partial charge in [-0.2, -0.15) is 0 Å². The van der Waals surface area contributed by atoms with Crippen molar-refractivity contribution in [2.75, 3.05) is 33.2 Å². The van der Waals surface area contributed by atoms with E-state index in [-0.39, 0.29) is 5.54 Å². The smallest absolute Gasteiger partial charge is 0.305 e. The number of nitrogens with zero attached hydrogens (tertiary/aromatic N) is 2. The van der Waals surface area contributed by atoms with Gasteiger partial charge in [0.25, 0.3) is 0 Å². The molecule has 1 aliphatic carbocycles. The van der Waals surface area contributed by atoms with Gasteiger partial charge >= 0.3 is 5.97 Å². The predicted octanol–water partition coefficient (Wildman–Crippen LogP) is 1.27. The van der Waals surface area contributed by atoms with Gasteiger partial charge in [-0.3, -0.25) is 9.69 Å². The molecular formula is C13H24N2O2. The van der Waals surface area contributed by atoms with Crippen molar-refractivity contribution in [1.29, 1.82) is 0 Å². The summed E-state index contributed by atoms with van der Waals surface area (Å²) in [5, 5.41) is 9.17. The third-order valence-corrected chi connectivity index (χ3v) is 4.49. The first-order chi connectivity index (χ1) is 8.02. The summed E-state index contributed by atoms with van der Waals surface area (Å²) in [6, 6.07) is 0. The first-order valence-corrected chi connectivity index (χ1v) is 6.67. The first kappa shape index (κ1) is 12.8. The zero-order valence-corrected chi connectivity index (χ0v) is 11.0. The Morgan fingerprint density at radius 1 is 1.35 bits per heavy atom. The summed E-state index contributed by atoms with van der Waals surface area (Å²) in [5.41, 5.74) is -0.0491. The summed E-state index contributed by atoms with van der Waals surface area (Å²) < 4.78 is 0. The maximum absolute atomic E-state index is 11.1. The average Bonchev–Trinajstić information content (AvgIpc) is 2.61. The van der Waals surface area contributed by atoms with E-state index in [0.29, 0.717) is 12.3 Å². The topological polar surface area (TPSA) is 43.8 Å². The lowest BCUT2D eigenvalue weighted by Gasteiger charge is -2.45. The molecule has 2 fully saturated rings. The molecule has 98 valence electrons. The number of aliphatic carboxylic acids is 1. The van der Waals surface area contributed by atoms with Crippen LogP contribution >= 0.6 is 0 Å². The summed E-state index contributed by atoms with van der Waals surface area (Å²) >= 11 is 0. The second-order valence-corrected chi connectivity index (χ2v) is 5.93. The van der Waals surface area contributed by atoms with Crippen LogP contribution in [-0.4, -0.2) is 59.6 Å². The molecule has 17 heavy (non-hydrogen) atoms. The highest BCUT2D eigenvalue weighted by atomic mass is 16.4. The molecule has 2 rings (SSSR count). The van der Waals surface area contributed by atoms with Gasteiger partial charge in [0.2, 0.25) is 0 Å². The zero-order chi connectivity index (χ0) is 12.5. The molecular weight excluding hydrogens is 216 g/mol. The maximum Gasteiger partial charge on any atom is 0.305 e. The Morgan fingerprint density at radius 3 is 2.47 bits per heavy atom. The van der Waals surface area contributed by atoms with Crippen LogP contribution in [0.15, 0.2) is 0 Å². The highest BCUT2D eigenvalue weighted by Gasteiger charge is 2.44. The molecule has 2 aliphatic rings. The third kappa shape index (κ3) is 2.80. The van der Waals surface area contributed by atoms with Crippen molar-refractivity contribution >= 4 is 5.97 Å². The molecule has 0 amide bonds. The number of carboxylic acid groups (broad SMARTS) is 1. The third-order valence-electron chi connectivity index (χ3n) is 4.49. The first-order valence-electron chi connectivity index (χ1n) is 6.67. The number of hydrogen-bond acceptors (Lipinski definition) is 3. The average molecular weight is 240 g/mol. The second kappa shape index (κ2) is 4.94. The van der Waals surface area contributed by atoms with E-state index in [1.807, 2.05) is 0 Å². The highest BCUT2D eigenvalue weighted by Crippen LogP contribution is 2.41. The molecule has 2 atom stereocenters. The van der Waals surface area contributed by atoms with Gasteiger partial charge in [-0.05, 0) is 32.2 Å². The monoisotopic (exact) mass is 240 g/mol. The molecule has 1 saturated carbocycles. The Bertz CT molecular complexity index is 287. The maximum atomic E-state index is 11.1. The van der Waals surface area contributed by atoms with E-state index in [9.17, 15) is 9.90 Å². The van der Waals surface area contributed by atoms with Gasteiger partial charge < -0.3 is 10.0 Å². The minimum atomic E-state index is -0.641. The van der Waals surface area contributed by atoms with Crippen molar-refractivity contribution in [3.05, 3.63) is 0 Å². The number of hydrogen-bond donors (Lipinski definition) is 1. The number of piperazine rings is 1. The van der Waals surface area contributed by atoms with Crippen LogP contribution < -0.4 is 0 Å². The van der Waals surface area contributed by atoms with Crippen molar-refractivity contribution in [2.24, 2.45) is 5.92 Å². The van der Waals surface area contributed by atoms with Crippen LogP contribution in [0.2, 0.25) is 0 Å². The minimum Gasteiger partial charge on any atom is -0.481 e. The van der Waals surface area contributed by atoms with E-state index in [0.717, 1.165) is 39.0 Å². The van der Waals surface area contributed by atoms with E-state index >= 15 is 0 Å². The lowest BCUT2D eigenvalue weighted by molar-refractivity contribution is -0.141. The summed E-state index contributed by atoms with van der Waals surface area (Å²) in [7, 11) is 2.14. The number of likely N-dealkylation sites (N-methyl/N-ethyl adjacent to an activating group) is 1. The van der Waals surface area contributed by atoms with Crippen molar-refractivity contribution in [2.45, 2.75) is 38.1 Å². The van der Waals surface area contributed by atoms with Gasteiger partial charge in [-0.1, -0.05) is 6.92 Å². The lowest BCUT2D eigenvalue weighted by atomic mass is 9.89.